The Labute approximate surface area is 130 Å². The van der Waals surface area contributed by atoms with Crippen molar-refractivity contribution < 1.29 is 9.18 Å². The normalized spacial score (nSPS) is 10.5. The van der Waals surface area contributed by atoms with Crippen LogP contribution in [0.1, 0.15) is 23.2 Å². The average Bonchev–Trinajstić information content (AvgIpc) is 2.44. The van der Waals surface area contributed by atoms with Crippen LogP contribution in [0.15, 0.2) is 57.9 Å². The molecule has 0 heterocycles. The molecule has 1 nitrogen and oxygen atoms in total. The summed E-state index contributed by atoms with van der Waals surface area (Å²) in [7, 11) is 0. The number of ketones is 1. The van der Waals surface area contributed by atoms with Crippen molar-refractivity contribution in [1.82, 2.24) is 0 Å². The SMILES string of the molecule is O=C(CCCSc1cccc(F)c1)c1ccc(Br)cc1. The van der Waals surface area contributed by atoms with Gasteiger partial charge in [0.2, 0.25) is 0 Å². The van der Waals surface area contributed by atoms with Gasteiger partial charge in [-0.2, -0.15) is 0 Å². The zero-order chi connectivity index (χ0) is 14.4. The highest BCUT2D eigenvalue weighted by Crippen LogP contribution is 2.20. The number of halogens is 2. The van der Waals surface area contributed by atoms with Crippen LogP contribution in [0.3, 0.4) is 0 Å². The maximum Gasteiger partial charge on any atom is 0.162 e. The summed E-state index contributed by atoms with van der Waals surface area (Å²) in [4.78, 5) is 12.8. The first-order valence-electron chi connectivity index (χ1n) is 6.32. The van der Waals surface area contributed by atoms with Crippen LogP contribution in [0, 0.1) is 5.82 Å². The lowest BCUT2D eigenvalue weighted by atomic mass is 10.1. The van der Waals surface area contributed by atoms with E-state index in [1.54, 1.807) is 17.8 Å². The molecule has 0 aromatic heterocycles. The Kier molecular flexibility index (Phi) is 5.80. The molecule has 0 atom stereocenters. The van der Waals surface area contributed by atoms with Gasteiger partial charge in [0.15, 0.2) is 5.78 Å². The van der Waals surface area contributed by atoms with Crippen molar-refractivity contribution in [1.29, 1.82) is 0 Å². The van der Waals surface area contributed by atoms with Crippen LogP contribution in [0.2, 0.25) is 0 Å². The molecule has 0 aliphatic rings. The minimum absolute atomic E-state index is 0.150. The molecule has 0 fully saturated rings. The summed E-state index contributed by atoms with van der Waals surface area (Å²) in [6, 6.07) is 13.9. The first-order valence-corrected chi connectivity index (χ1v) is 8.10. The number of carbonyl (C=O) groups is 1. The van der Waals surface area contributed by atoms with Crippen molar-refractivity contribution in [2.24, 2.45) is 0 Å². The molecular weight excluding hydrogens is 339 g/mol. The zero-order valence-corrected chi connectivity index (χ0v) is 13.2. The number of carbonyl (C=O) groups excluding carboxylic acids is 1. The molecule has 0 unspecified atom stereocenters. The Hall–Kier alpha value is -1.13. The molecule has 2 aromatic rings. The average molecular weight is 353 g/mol. The van der Waals surface area contributed by atoms with Gasteiger partial charge < -0.3 is 0 Å². The van der Waals surface area contributed by atoms with E-state index in [0.717, 1.165) is 27.1 Å². The number of thioether (sulfide) groups is 1. The van der Waals surface area contributed by atoms with Crippen LogP contribution in [0.4, 0.5) is 4.39 Å². The van der Waals surface area contributed by atoms with Gasteiger partial charge in [-0.25, -0.2) is 4.39 Å². The maximum atomic E-state index is 13.0. The van der Waals surface area contributed by atoms with Gasteiger partial charge in [0.05, 0.1) is 0 Å². The van der Waals surface area contributed by atoms with Crippen molar-refractivity contribution in [2.75, 3.05) is 5.75 Å². The molecule has 0 N–H and O–H groups in total. The molecule has 2 aromatic carbocycles. The highest BCUT2D eigenvalue weighted by molar-refractivity contribution is 9.10. The summed E-state index contributed by atoms with van der Waals surface area (Å²) >= 11 is 4.92. The predicted molar refractivity (Wildman–Crippen MR) is 84.8 cm³/mol. The Bertz CT molecular complexity index is 583. The van der Waals surface area contributed by atoms with Crippen LogP contribution in [0.25, 0.3) is 0 Å². The lowest BCUT2D eigenvalue weighted by molar-refractivity contribution is 0.0982. The minimum Gasteiger partial charge on any atom is -0.294 e. The Morgan fingerprint density at radius 2 is 1.90 bits per heavy atom. The van der Waals surface area contributed by atoms with E-state index < -0.39 is 0 Å². The fraction of sp³-hybridized carbons (Fsp3) is 0.188. The molecule has 2 rings (SSSR count). The fourth-order valence-corrected chi connectivity index (χ4v) is 2.92. The van der Waals surface area contributed by atoms with Crippen LogP contribution in [0.5, 0.6) is 0 Å². The number of benzene rings is 2. The van der Waals surface area contributed by atoms with Crippen molar-refractivity contribution >= 4 is 33.5 Å². The van der Waals surface area contributed by atoms with E-state index in [4.69, 9.17) is 0 Å². The summed E-state index contributed by atoms with van der Waals surface area (Å²) < 4.78 is 14.0. The third kappa shape index (κ3) is 4.76. The number of hydrogen-bond acceptors (Lipinski definition) is 2. The van der Waals surface area contributed by atoms with Crippen LogP contribution < -0.4 is 0 Å². The van der Waals surface area contributed by atoms with Gasteiger partial charge in [-0.15, -0.1) is 11.8 Å². The summed E-state index contributed by atoms with van der Waals surface area (Å²) in [5.74, 6) is 0.740. The van der Waals surface area contributed by atoms with Crippen molar-refractivity contribution in [3.05, 3.63) is 64.4 Å². The second-order valence-corrected chi connectivity index (χ2v) is 6.42. The Morgan fingerprint density at radius 3 is 2.60 bits per heavy atom. The second kappa shape index (κ2) is 7.60. The predicted octanol–water partition coefficient (Wildman–Crippen LogP) is 5.34. The van der Waals surface area contributed by atoms with E-state index in [1.807, 2.05) is 30.3 Å². The van der Waals surface area contributed by atoms with E-state index in [1.165, 1.54) is 12.1 Å². The molecule has 0 aliphatic heterocycles. The summed E-state index contributed by atoms with van der Waals surface area (Å²) in [5, 5.41) is 0. The quantitative estimate of drug-likeness (QED) is 0.396. The third-order valence-electron chi connectivity index (χ3n) is 2.78. The monoisotopic (exact) mass is 352 g/mol. The van der Waals surface area contributed by atoms with Gasteiger partial charge in [0.1, 0.15) is 5.82 Å². The van der Waals surface area contributed by atoms with E-state index in [-0.39, 0.29) is 11.6 Å². The van der Waals surface area contributed by atoms with Crippen molar-refractivity contribution in [3.63, 3.8) is 0 Å². The highest BCUT2D eigenvalue weighted by Gasteiger charge is 2.05. The smallest absolute Gasteiger partial charge is 0.162 e. The molecule has 0 saturated heterocycles. The zero-order valence-electron chi connectivity index (χ0n) is 10.8. The molecule has 0 spiro atoms. The van der Waals surface area contributed by atoms with E-state index >= 15 is 0 Å². The number of Topliss-reactive ketones (excluding diaryl/α,β-unsaturated/α-hetero) is 1. The number of hydrogen-bond donors (Lipinski definition) is 0. The topological polar surface area (TPSA) is 17.1 Å². The summed E-state index contributed by atoms with van der Waals surface area (Å²) in [5.41, 5.74) is 0.740. The lowest BCUT2D eigenvalue weighted by Gasteiger charge is -2.03. The fourth-order valence-electron chi connectivity index (χ4n) is 1.76. The lowest BCUT2D eigenvalue weighted by Crippen LogP contribution is -1.99. The van der Waals surface area contributed by atoms with Gasteiger partial charge in [0, 0.05) is 21.4 Å². The van der Waals surface area contributed by atoms with E-state index in [2.05, 4.69) is 15.9 Å². The summed E-state index contributed by atoms with van der Waals surface area (Å²) in [6.07, 6.45) is 1.31. The molecule has 20 heavy (non-hydrogen) atoms. The molecular formula is C16H14BrFOS. The highest BCUT2D eigenvalue weighted by atomic mass is 79.9. The first kappa shape index (κ1) is 15.3. The molecule has 4 heteroatoms. The maximum absolute atomic E-state index is 13.0. The molecule has 0 bridgehead atoms. The van der Waals surface area contributed by atoms with E-state index in [9.17, 15) is 9.18 Å². The first-order chi connectivity index (χ1) is 9.65. The van der Waals surface area contributed by atoms with Gasteiger partial charge in [-0.3, -0.25) is 4.79 Å². The van der Waals surface area contributed by atoms with Crippen LogP contribution in [-0.4, -0.2) is 11.5 Å². The van der Waals surface area contributed by atoms with E-state index in [0.29, 0.717) is 6.42 Å². The standard InChI is InChI=1S/C16H14BrFOS/c17-13-8-6-12(7-9-13)16(19)5-2-10-20-15-4-1-3-14(18)11-15/h1,3-4,6-9,11H,2,5,10H2. The minimum atomic E-state index is -0.221. The van der Waals surface area contributed by atoms with Gasteiger partial charge >= 0.3 is 0 Å². The Morgan fingerprint density at radius 1 is 1.15 bits per heavy atom. The second-order valence-electron chi connectivity index (χ2n) is 4.34. The molecule has 0 aliphatic carbocycles. The van der Waals surface area contributed by atoms with Crippen molar-refractivity contribution in [2.45, 2.75) is 17.7 Å². The molecule has 0 radical (unpaired) electrons. The largest absolute Gasteiger partial charge is 0.294 e. The molecule has 0 amide bonds. The summed E-state index contributed by atoms with van der Waals surface area (Å²) in [6.45, 7) is 0. The van der Waals surface area contributed by atoms with Crippen molar-refractivity contribution in [3.8, 4) is 0 Å². The van der Waals surface area contributed by atoms with Gasteiger partial charge in [-0.1, -0.05) is 34.1 Å². The third-order valence-corrected chi connectivity index (χ3v) is 4.39. The van der Waals surface area contributed by atoms with Gasteiger partial charge in [-0.05, 0) is 42.5 Å². The Balaban J connectivity index is 1.76. The molecule has 104 valence electrons. The van der Waals surface area contributed by atoms with Crippen LogP contribution in [-0.2, 0) is 0 Å². The molecule has 0 saturated carbocycles. The van der Waals surface area contributed by atoms with Gasteiger partial charge in [0.25, 0.3) is 0 Å². The number of rotatable bonds is 6. The van der Waals surface area contributed by atoms with Crippen LogP contribution >= 0.6 is 27.7 Å².